The van der Waals surface area contributed by atoms with Crippen LogP contribution >= 0.6 is 11.3 Å². The first kappa shape index (κ1) is 17.9. The van der Waals surface area contributed by atoms with E-state index in [1.165, 1.54) is 12.3 Å². The molecule has 9 heteroatoms. The van der Waals surface area contributed by atoms with Gasteiger partial charge in [-0.25, -0.2) is 4.79 Å². The summed E-state index contributed by atoms with van der Waals surface area (Å²) < 4.78 is 10.0. The number of carbonyl (C=O) groups is 4. The van der Waals surface area contributed by atoms with Crippen LogP contribution in [0.4, 0.5) is 5.00 Å². The fourth-order valence-corrected chi connectivity index (χ4v) is 3.47. The number of thiophene rings is 1. The van der Waals surface area contributed by atoms with Gasteiger partial charge in [-0.15, -0.1) is 11.3 Å². The van der Waals surface area contributed by atoms with Crippen molar-refractivity contribution in [1.82, 2.24) is 4.90 Å². The molecule has 0 aromatic carbocycles. The van der Waals surface area contributed by atoms with Crippen molar-refractivity contribution in [3.05, 3.63) is 40.7 Å². The molecule has 3 heterocycles. The maximum Gasteiger partial charge on any atom is 0.349 e. The van der Waals surface area contributed by atoms with Crippen molar-refractivity contribution in [3.8, 4) is 0 Å². The van der Waals surface area contributed by atoms with Crippen LogP contribution in [0.25, 0.3) is 0 Å². The lowest BCUT2D eigenvalue weighted by atomic mass is 10.3. The van der Waals surface area contributed by atoms with Gasteiger partial charge in [0.2, 0.25) is 5.91 Å². The van der Waals surface area contributed by atoms with Crippen LogP contribution in [0.15, 0.2) is 28.9 Å². The Morgan fingerprint density at radius 1 is 1.38 bits per heavy atom. The summed E-state index contributed by atoms with van der Waals surface area (Å²) in [5.74, 6) is -1.73. The predicted molar refractivity (Wildman–Crippen MR) is 92.0 cm³/mol. The molecule has 3 rings (SSSR count). The number of aryl methyl sites for hydroxylation is 1. The number of hydrogen-bond donors (Lipinski definition) is 1. The van der Waals surface area contributed by atoms with Gasteiger partial charge in [0.15, 0.2) is 12.4 Å². The number of nitrogens with one attached hydrogen (secondary N) is 1. The number of rotatable bonds is 5. The van der Waals surface area contributed by atoms with Crippen LogP contribution in [-0.2, 0) is 14.3 Å². The van der Waals surface area contributed by atoms with E-state index in [0.29, 0.717) is 30.0 Å². The van der Waals surface area contributed by atoms with E-state index < -0.39 is 24.4 Å². The van der Waals surface area contributed by atoms with E-state index in [4.69, 9.17) is 9.15 Å². The number of imide groups is 1. The van der Waals surface area contributed by atoms with E-state index in [0.717, 1.165) is 16.2 Å². The van der Waals surface area contributed by atoms with E-state index >= 15 is 0 Å². The number of ether oxygens (including phenoxy) is 1. The van der Waals surface area contributed by atoms with Gasteiger partial charge < -0.3 is 14.5 Å². The molecule has 1 aliphatic heterocycles. The number of esters is 1. The second-order valence-electron chi connectivity index (χ2n) is 5.67. The molecule has 0 unspecified atom stereocenters. The average molecular weight is 376 g/mol. The highest BCUT2D eigenvalue weighted by Gasteiger charge is 2.27. The highest BCUT2D eigenvalue weighted by molar-refractivity contribution is 7.18. The molecule has 1 aliphatic rings. The Bertz CT molecular complexity index is 855. The topological polar surface area (TPSA) is 106 Å². The summed E-state index contributed by atoms with van der Waals surface area (Å²) in [6.07, 6.45) is 2.35. The molecule has 1 fully saturated rings. The minimum absolute atomic E-state index is 0.154. The van der Waals surface area contributed by atoms with Crippen LogP contribution < -0.4 is 5.32 Å². The molecular weight excluding hydrogens is 360 g/mol. The van der Waals surface area contributed by atoms with Crippen LogP contribution in [0.3, 0.4) is 0 Å². The lowest BCUT2D eigenvalue weighted by molar-refractivity contribution is -0.143. The first-order valence-electron chi connectivity index (χ1n) is 7.91. The Labute approximate surface area is 152 Å². The average Bonchev–Trinajstić information content (AvgIpc) is 3.33. The number of likely N-dealkylation sites (tertiary alicyclic amines) is 1. The normalized spacial score (nSPS) is 13.7. The maximum atomic E-state index is 12.2. The number of furan rings is 1. The number of hydrogen-bond acceptors (Lipinski definition) is 7. The highest BCUT2D eigenvalue weighted by Crippen LogP contribution is 2.28. The smallest absolute Gasteiger partial charge is 0.349 e. The van der Waals surface area contributed by atoms with Gasteiger partial charge in [0.25, 0.3) is 11.8 Å². The van der Waals surface area contributed by atoms with Crippen molar-refractivity contribution in [1.29, 1.82) is 0 Å². The lowest BCUT2D eigenvalue weighted by Gasteiger charge is -2.13. The summed E-state index contributed by atoms with van der Waals surface area (Å²) in [6.45, 7) is 1.56. The molecule has 0 spiro atoms. The van der Waals surface area contributed by atoms with Gasteiger partial charge in [0.05, 0.1) is 11.3 Å². The molecule has 0 saturated carbocycles. The number of anilines is 1. The minimum atomic E-state index is -0.675. The lowest BCUT2D eigenvalue weighted by Crippen LogP contribution is -2.35. The molecule has 136 valence electrons. The minimum Gasteiger partial charge on any atom is -0.459 e. The maximum absolute atomic E-state index is 12.2. The zero-order valence-corrected chi connectivity index (χ0v) is 14.8. The standard InChI is InChI=1S/C17H16N2O6S/c1-10-8-12(18-16(22)11-4-3-7-24-11)26-15(10)17(23)25-9-14(21)19-6-2-5-13(19)20/h3-4,7-8H,2,5-6,9H2,1H3,(H,18,22). The monoisotopic (exact) mass is 376 g/mol. The van der Waals surface area contributed by atoms with Crippen molar-refractivity contribution in [3.63, 3.8) is 0 Å². The quantitative estimate of drug-likeness (QED) is 0.802. The van der Waals surface area contributed by atoms with Gasteiger partial charge in [0, 0.05) is 13.0 Å². The SMILES string of the molecule is Cc1cc(NC(=O)c2ccco2)sc1C(=O)OCC(=O)N1CCCC1=O. The summed E-state index contributed by atoms with van der Waals surface area (Å²) in [5, 5.41) is 3.09. The molecule has 0 bridgehead atoms. The Balaban J connectivity index is 1.59. The van der Waals surface area contributed by atoms with Crippen molar-refractivity contribution < 1.29 is 28.3 Å². The van der Waals surface area contributed by atoms with Crippen LogP contribution in [0.2, 0.25) is 0 Å². The van der Waals surface area contributed by atoms with E-state index in [9.17, 15) is 19.2 Å². The van der Waals surface area contributed by atoms with Gasteiger partial charge in [-0.05, 0) is 37.1 Å². The summed E-state index contributed by atoms with van der Waals surface area (Å²) in [7, 11) is 0. The van der Waals surface area contributed by atoms with E-state index in [1.54, 1.807) is 19.1 Å². The number of nitrogens with zero attached hydrogens (tertiary/aromatic N) is 1. The predicted octanol–water partition coefficient (Wildman–Crippen LogP) is 2.21. The fraction of sp³-hybridized carbons (Fsp3) is 0.294. The Morgan fingerprint density at radius 3 is 2.85 bits per heavy atom. The third-order valence-corrected chi connectivity index (χ3v) is 4.92. The third-order valence-electron chi connectivity index (χ3n) is 3.79. The molecular formula is C17H16N2O6S. The molecule has 1 N–H and O–H groups in total. The van der Waals surface area contributed by atoms with Crippen molar-refractivity contribution in [2.45, 2.75) is 19.8 Å². The molecule has 26 heavy (non-hydrogen) atoms. The molecule has 3 amide bonds. The van der Waals surface area contributed by atoms with E-state index in [2.05, 4.69) is 5.32 Å². The Hall–Kier alpha value is -2.94. The molecule has 1 saturated heterocycles. The summed E-state index contributed by atoms with van der Waals surface area (Å²) in [4.78, 5) is 49.0. The van der Waals surface area contributed by atoms with Crippen LogP contribution in [0.5, 0.6) is 0 Å². The Morgan fingerprint density at radius 2 is 2.19 bits per heavy atom. The zero-order chi connectivity index (χ0) is 18.7. The fourth-order valence-electron chi connectivity index (χ4n) is 2.51. The molecule has 2 aromatic heterocycles. The largest absolute Gasteiger partial charge is 0.459 e. The van der Waals surface area contributed by atoms with Gasteiger partial charge in [-0.2, -0.15) is 0 Å². The highest BCUT2D eigenvalue weighted by atomic mass is 32.1. The van der Waals surface area contributed by atoms with Gasteiger partial charge in [-0.3, -0.25) is 19.3 Å². The van der Waals surface area contributed by atoms with Gasteiger partial charge in [-0.1, -0.05) is 0 Å². The number of amides is 3. The summed E-state index contributed by atoms with van der Waals surface area (Å²) in [6, 6.07) is 4.75. The first-order chi connectivity index (χ1) is 12.5. The van der Waals surface area contributed by atoms with Crippen LogP contribution in [0, 0.1) is 6.92 Å². The zero-order valence-electron chi connectivity index (χ0n) is 13.9. The molecule has 2 aromatic rings. The summed E-state index contributed by atoms with van der Waals surface area (Å²) >= 11 is 1.04. The molecule has 8 nitrogen and oxygen atoms in total. The van der Waals surface area contributed by atoms with Crippen molar-refractivity contribution in [2.75, 3.05) is 18.5 Å². The van der Waals surface area contributed by atoms with Crippen LogP contribution in [-0.4, -0.2) is 41.7 Å². The van der Waals surface area contributed by atoms with E-state index in [-0.39, 0.29) is 16.5 Å². The summed E-state index contributed by atoms with van der Waals surface area (Å²) in [5.41, 5.74) is 0.611. The molecule has 0 aliphatic carbocycles. The van der Waals surface area contributed by atoms with Crippen molar-refractivity contribution in [2.24, 2.45) is 0 Å². The Kier molecular flexibility index (Phi) is 5.17. The van der Waals surface area contributed by atoms with Gasteiger partial charge in [0.1, 0.15) is 4.88 Å². The van der Waals surface area contributed by atoms with Crippen LogP contribution in [0.1, 0.15) is 38.6 Å². The third kappa shape index (κ3) is 3.83. The molecule has 0 atom stereocenters. The van der Waals surface area contributed by atoms with E-state index in [1.807, 2.05) is 0 Å². The second-order valence-corrected chi connectivity index (χ2v) is 6.73. The first-order valence-corrected chi connectivity index (χ1v) is 8.73. The van der Waals surface area contributed by atoms with Gasteiger partial charge >= 0.3 is 5.97 Å². The number of carbonyl (C=O) groups excluding carboxylic acids is 4. The second kappa shape index (κ2) is 7.52. The molecule has 0 radical (unpaired) electrons. The van der Waals surface area contributed by atoms with Crippen molar-refractivity contribution >= 4 is 40.0 Å².